The molecule has 0 heterocycles. The Bertz CT molecular complexity index is 402. The van der Waals surface area contributed by atoms with Crippen LogP contribution in [0.15, 0.2) is 24.3 Å². The fourth-order valence-corrected chi connectivity index (χ4v) is 3.07. The Kier molecular flexibility index (Phi) is 7.04. The predicted octanol–water partition coefficient (Wildman–Crippen LogP) is 3.94. The molecule has 0 spiro atoms. The summed E-state index contributed by atoms with van der Waals surface area (Å²) in [7, 11) is 3.74. The standard InChI is InChI=1S/C18H29NO2/c1-19-12-11-18(20-2)16-9-6-10-17(13-16)21-14-15-7-4-3-5-8-15/h6,9-10,13,15,18-19H,3-5,7-8,11-12,14H2,1-2H3. The largest absolute Gasteiger partial charge is 0.493 e. The minimum Gasteiger partial charge on any atom is -0.493 e. The van der Waals surface area contributed by atoms with E-state index in [4.69, 9.17) is 9.47 Å². The van der Waals surface area contributed by atoms with Crippen LogP contribution in [0.1, 0.15) is 50.2 Å². The summed E-state index contributed by atoms with van der Waals surface area (Å²) in [6, 6.07) is 8.37. The molecule has 1 fully saturated rings. The number of rotatable bonds is 8. The molecule has 1 N–H and O–H groups in total. The van der Waals surface area contributed by atoms with Crippen LogP contribution in [0, 0.1) is 5.92 Å². The molecular formula is C18H29NO2. The first-order chi connectivity index (χ1) is 10.3. The number of ether oxygens (including phenoxy) is 2. The van der Waals surface area contributed by atoms with Gasteiger partial charge in [0, 0.05) is 7.11 Å². The maximum absolute atomic E-state index is 6.01. The lowest BCUT2D eigenvalue weighted by molar-refractivity contribution is 0.0957. The molecule has 0 aromatic heterocycles. The van der Waals surface area contributed by atoms with E-state index in [1.807, 2.05) is 7.05 Å². The summed E-state index contributed by atoms with van der Waals surface area (Å²) in [6.45, 7) is 1.81. The highest BCUT2D eigenvalue weighted by molar-refractivity contribution is 5.30. The van der Waals surface area contributed by atoms with Gasteiger partial charge in [0.2, 0.25) is 0 Å². The second-order valence-corrected chi connectivity index (χ2v) is 6.00. The van der Waals surface area contributed by atoms with Gasteiger partial charge in [-0.1, -0.05) is 31.4 Å². The van der Waals surface area contributed by atoms with E-state index in [2.05, 4.69) is 29.6 Å². The van der Waals surface area contributed by atoms with E-state index in [-0.39, 0.29) is 6.10 Å². The summed E-state index contributed by atoms with van der Waals surface area (Å²) in [5.41, 5.74) is 1.20. The average Bonchev–Trinajstić information content (AvgIpc) is 2.55. The van der Waals surface area contributed by atoms with Crippen molar-refractivity contribution < 1.29 is 9.47 Å². The van der Waals surface area contributed by atoms with E-state index in [1.54, 1.807) is 7.11 Å². The fraction of sp³-hybridized carbons (Fsp3) is 0.667. The molecule has 1 aromatic rings. The molecule has 2 rings (SSSR count). The topological polar surface area (TPSA) is 30.5 Å². The van der Waals surface area contributed by atoms with E-state index in [0.29, 0.717) is 0 Å². The Hall–Kier alpha value is -1.06. The van der Waals surface area contributed by atoms with Crippen LogP contribution in [0.3, 0.4) is 0 Å². The molecular weight excluding hydrogens is 262 g/mol. The Labute approximate surface area is 129 Å². The predicted molar refractivity (Wildman–Crippen MR) is 86.8 cm³/mol. The summed E-state index contributed by atoms with van der Waals surface area (Å²) < 4.78 is 11.6. The molecule has 0 aliphatic heterocycles. The Balaban J connectivity index is 1.89. The highest BCUT2D eigenvalue weighted by Crippen LogP contribution is 2.27. The van der Waals surface area contributed by atoms with Gasteiger partial charge in [0.25, 0.3) is 0 Å². The van der Waals surface area contributed by atoms with Crippen molar-refractivity contribution >= 4 is 0 Å². The lowest BCUT2D eigenvalue weighted by Gasteiger charge is -2.22. The average molecular weight is 291 g/mol. The van der Waals surface area contributed by atoms with Gasteiger partial charge in [-0.3, -0.25) is 0 Å². The first kappa shape index (κ1) is 16.3. The molecule has 3 heteroatoms. The zero-order valence-corrected chi connectivity index (χ0v) is 13.4. The van der Waals surface area contributed by atoms with E-state index in [1.165, 1.54) is 37.7 Å². The van der Waals surface area contributed by atoms with Gasteiger partial charge in [-0.2, -0.15) is 0 Å². The van der Waals surface area contributed by atoms with Crippen LogP contribution in [-0.4, -0.2) is 27.3 Å². The van der Waals surface area contributed by atoms with Gasteiger partial charge in [-0.25, -0.2) is 0 Å². The van der Waals surface area contributed by atoms with Crippen molar-refractivity contribution in [2.75, 3.05) is 27.3 Å². The Morgan fingerprint density at radius 2 is 2.05 bits per heavy atom. The molecule has 3 nitrogen and oxygen atoms in total. The van der Waals surface area contributed by atoms with Crippen molar-refractivity contribution in [2.24, 2.45) is 5.92 Å². The summed E-state index contributed by atoms with van der Waals surface area (Å²) in [5, 5.41) is 3.17. The minimum absolute atomic E-state index is 0.135. The first-order valence-corrected chi connectivity index (χ1v) is 8.23. The van der Waals surface area contributed by atoms with Gasteiger partial charge in [0.05, 0.1) is 12.7 Å². The van der Waals surface area contributed by atoms with Gasteiger partial charge in [0.1, 0.15) is 5.75 Å². The number of hydrogen-bond acceptors (Lipinski definition) is 3. The van der Waals surface area contributed by atoms with Crippen LogP contribution in [0.5, 0.6) is 5.75 Å². The van der Waals surface area contributed by atoms with E-state index in [9.17, 15) is 0 Å². The summed E-state index contributed by atoms with van der Waals surface area (Å²) in [4.78, 5) is 0. The molecule has 1 aliphatic rings. The molecule has 0 radical (unpaired) electrons. The lowest BCUT2D eigenvalue weighted by atomic mass is 9.90. The summed E-state index contributed by atoms with van der Waals surface area (Å²) in [6.07, 6.45) is 7.88. The van der Waals surface area contributed by atoms with Gasteiger partial charge in [-0.05, 0) is 56.5 Å². The van der Waals surface area contributed by atoms with Crippen molar-refractivity contribution in [3.8, 4) is 5.75 Å². The Morgan fingerprint density at radius 1 is 1.24 bits per heavy atom. The quantitative estimate of drug-likeness (QED) is 0.787. The molecule has 21 heavy (non-hydrogen) atoms. The smallest absolute Gasteiger partial charge is 0.119 e. The van der Waals surface area contributed by atoms with Gasteiger partial charge in [-0.15, -0.1) is 0 Å². The second kappa shape index (κ2) is 9.06. The van der Waals surface area contributed by atoms with E-state index in [0.717, 1.165) is 31.2 Å². The number of methoxy groups -OCH3 is 1. The maximum atomic E-state index is 6.01. The summed E-state index contributed by atoms with van der Waals surface area (Å²) in [5.74, 6) is 1.72. The Morgan fingerprint density at radius 3 is 2.76 bits per heavy atom. The van der Waals surface area contributed by atoms with Crippen molar-refractivity contribution in [3.05, 3.63) is 29.8 Å². The van der Waals surface area contributed by atoms with Gasteiger partial charge in [0.15, 0.2) is 0 Å². The zero-order chi connectivity index (χ0) is 14.9. The molecule has 1 saturated carbocycles. The molecule has 1 unspecified atom stereocenters. The molecule has 0 amide bonds. The molecule has 0 bridgehead atoms. The number of benzene rings is 1. The lowest BCUT2D eigenvalue weighted by Crippen LogP contribution is -2.15. The first-order valence-electron chi connectivity index (χ1n) is 8.23. The van der Waals surface area contributed by atoms with Crippen LogP contribution in [-0.2, 0) is 4.74 Å². The van der Waals surface area contributed by atoms with Crippen molar-refractivity contribution in [1.82, 2.24) is 5.32 Å². The number of nitrogens with one attached hydrogen (secondary N) is 1. The monoisotopic (exact) mass is 291 g/mol. The molecule has 0 saturated heterocycles. The van der Waals surface area contributed by atoms with E-state index >= 15 is 0 Å². The third-order valence-corrected chi connectivity index (χ3v) is 4.38. The third kappa shape index (κ3) is 5.33. The molecule has 1 aliphatic carbocycles. The second-order valence-electron chi connectivity index (χ2n) is 6.00. The van der Waals surface area contributed by atoms with Gasteiger partial charge >= 0.3 is 0 Å². The van der Waals surface area contributed by atoms with Crippen LogP contribution in [0.25, 0.3) is 0 Å². The van der Waals surface area contributed by atoms with E-state index < -0.39 is 0 Å². The van der Waals surface area contributed by atoms with Crippen LogP contribution < -0.4 is 10.1 Å². The molecule has 118 valence electrons. The summed E-state index contributed by atoms with van der Waals surface area (Å²) >= 11 is 0. The SMILES string of the molecule is CNCCC(OC)c1cccc(OCC2CCCCC2)c1. The minimum atomic E-state index is 0.135. The van der Waals surface area contributed by atoms with Crippen molar-refractivity contribution in [1.29, 1.82) is 0 Å². The third-order valence-electron chi connectivity index (χ3n) is 4.38. The highest BCUT2D eigenvalue weighted by atomic mass is 16.5. The van der Waals surface area contributed by atoms with Crippen LogP contribution in [0.2, 0.25) is 0 Å². The normalized spacial score (nSPS) is 17.6. The highest BCUT2D eigenvalue weighted by Gasteiger charge is 2.15. The molecule has 1 aromatic carbocycles. The van der Waals surface area contributed by atoms with Crippen molar-refractivity contribution in [2.45, 2.75) is 44.6 Å². The zero-order valence-electron chi connectivity index (χ0n) is 13.4. The fourth-order valence-electron chi connectivity index (χ4n) is 3.07. The number of hydrogen-bond donors (Lipinski definition) is 1. The molecule has 1 atom stereocenters. The van der Waals surface area contributed by atoms with Crippen LogP contribution in [0.4, 0.5) is 0 Å². The van der Waals surface area contributed by atoms with Crippen molar-refractivity contribution in [3.63, 3.8) is 0 Å². The van der Waals surface area contributed by atoms with Gasteiger partial charge < -0.3 is 14.8 Å². The maximum Gasteiger partial charge on any atom is 0.119 e. The van der Waals surface area contributed by atoms with Crippen LogP contribution >= 0.6 is 0 Å².